The number of methoxy groups -OCH3 is 1. The molecule has 1 aromatic heterocycles. The van der Waals surface area contributed by atoms with Crippen LogP contribution in [0.15, 0.2) is 53.1 Å². The van der Waals surface area contributed by atoms with Crippen LogP contribution in [0.4, 0.5) is 0 Å². The van der Waals surface area contributed by atoms with Crippen molar-refractivity contribution in [3.8, 4) is 22.8 Å². The molecule has 0 fully saturated rings. The van der Waals surface area contributed by atoms with Gasteiger partial charge in [0.1, 0.15) is 11.5 Å². The highest BCUT2D eigenvalue weighted by Crippen LogP contribution is 2.24. The van der Waals surface area contributed by atoms with Crippen molar-refractivity contribution in [2.24, 2.45) is 0 Å². The lowest BCUT2D eigenvalue weighted by atomic mass is 10.0. The van der Waals surface area contributed by atoms with Crippen LogP contribution >= 0.6 is 0 Å². The average Bonchev–Trinajstić information content (AvgIpc) is 3.08. The van der Waals surface area contributed by atoms with E-state index in [4.69, 9.17) is 14.0 Å². The largest absolute Gasteiger partial charge is 0.497 e. The lowest BCUT2D eigenvalue weighted by molar-refractivity contribution is 0.0724. The molecule has 0 N–H and O–H groups in total. The number of carbonyl (C=O) groups is 1. The molecule has 0 radical (unpaired) electrons. The standard InChI is InChI=1S/C19H17NO4/c1-12-4-5-14(10-13(12)2)18-11-17(20-24-18)19(21)23-16-8-6-15(22-3)7-9-16/h4-11H,1-3H3. The number of esters is 1. The fraction of sp³-hybridized carbons (Fsp3) is 0.158. The summed E-state index contributed by atoms with van der Waals surface area (Å²) in [6.45, 7) is 4.06. The second-order valence-electron chi connectivity index (χ2n) is 5.44. The van der Waals surface area contributed by atoms with Gasteiger partial charge in [0.15, 0.2) is 11.5 Å². The van der Waals surface area contributed by atoms with E-state index in [9.17, 15) is 4.79 Å². The Kier molecular flexibility index (Phi) is 4.33. The minimum absolute atomic E-state index is 0.124. The summed E-state index contributed by atoms with van der Waals surface area (Å²) in [6, 6.07) is 14.2. The summed E-state index contributed by atoms with van der Waals surface area (Å²) in [5, 5.41) is 3.80. The molecule has 0 bridgehead atoms. The summed E-state index contributed by atoms with van der Waals surface area (Å²) in [4.78, 5) is 12.2. The second-order valence-corrected chi connectivity index (χ2v) is 5.44. The molecule has 0 atom stereocenters. The molecule has 5 nitrogen and oxygen atoms in total. The van der Waals surface area contributed by atoms with Gasteiger partial charge < -0.3 is 14.0 Å². The third kappa shape index (κ3) is 3.30. The number of aryl methyl sites for hydroxylation is 2. The zero-order valence-electron chi connectivity index (χ0n) is 13.7. The summed E-state index contributed by atoms with van der Waals surface area (Å²) in [5.41, 5.74) is 3.33. The predicted octanol–water partition coefficient (Wildman–Crippen LogP) is 4.19. The van der Waals surface area contributed by atoms with Crippen molar-refractivity contribution in [3.05, 3.63) is 65.4 Å². The summed E-state index contributed by atoms with van der Waals surface area (Å²) in [6.07, 6.45) is 0. The first kappa shape index (κ1) is 15.8. The van der Waals surface area contributed by atoms with E-state index in [1.165, 1.54) is 5.56 Å². The highest BCUT2D eigenvalue weighted by Gasteiger charge is 2.16. The van der Waals surface area contributed by atoms with Crippen LogP contribution in [0, 0.1) is 13.8 Å². The monoisotopic (exact) mass is 323 g/mol. The SMILES string of the molecule is COc1ccc(OC(=O)c2cc(-c3ccc(C)c(C)c3)on2)cc1. The molecule has 0 amide bonds. The number of nitrogens with zero attached hydrogens (tertiary/aromatic N) is 1. The lowest BCUT2D eigenvalue weighted by Gasteiger charge is -2.03. The van der Waals surface area contributed by atoms with Crippen molar-refractivity contribution < 1.29 is 18.8 Å². The van der Waals surface area contributed by atoms with E-state index in [0.717, 1.165) is 11.1 Å². The first-order valence-corrected chi connectivity index (χ1v) is 7.47. The van der Waals surface area contributed by atoms with E-state index >= 15 is 0 Å². The first-order chi connectivity index (χ1) is 11.6. The number of aromatic nitrogens is 1. The maximum Gasteiger partial charge on any atom is 0.365 e. The fourth-order valence-corrected chi connectivity index (χ4v) is 2.21. The van der Waals surface area contributed by atoms with Crippen molar-refractivity contribution in [1.29, 1.82) is 0 Å². The highest BCUT2D eigenvalue weighted by molar-refractivity contribution is 5.90. The van der Waals surface area contributed by atoms with Gasteiger partial charge in [-0.1, -0.05) is 17.3 Å². The zero-order chi connectivity index (χ0) is 17.1. The molecule has 2 aromatic carbocycles. The first-order valence-electron chi connectivity index (χ1n) is 7.47. The Morgan fingerprint density at radius 2 is 1.67 bits per heavy atom. The van der Waals surface area contributed by atoms with Crippen molar-refractivity contribution in [2.75, 3.05) is 7.11 Å². The maximum absolute atomic E-state index is 12.2. The van der Waals surface area contributed by atoms with Crippen LogP contribution in [0.5, 0.6) is 11.5 Å². The third-order valence-electron chi connectivity index (χ3n) is 3.78. The quantitative estimate of drug-likeness (QED) is 0.532. The molecule has 0 unspecified atom stereocenters. The zero-order valence-corrected chi connectivity index (χ0v) is 13.7. The van der Waals surface area contributed by atoms with Gasteiger partial charge in [0.25, 0.3) is 0 Å². The highest BCUT2D eigenvalue weighted by atomic mass is 16.5. The van der Waals surface area contributed by atoms with Crippen molar-refractivity contribution in [1.82, 2.24) is 5.16 Å². The van der Waals surface area contributed by atoms with Crippen LogP contribution in [-0.2, 0) is 0 Å². The van der Waals surface area contributed by atoms with Gasteiger partial charge in [0.05, 0.1) is 7.11 Å². The fourth-order valence-electron chi connectivity index (χ4n) is 2.21. The number of ether oxygens (including phenoxy) is 2. The third-order valence-corrected chi connectivity index (χ3v) is 3.78. The van der Waals surface area contributed by atoms with Gasteiger partial charge in [-0.15, -0.1) is 0 Å². The molecular weight excluding hydrogens is 306 g/mol. The smallest absolute Gasteiger partial charge is 0.365 e. The molecule has 0 saturated carbocycles. The van der Waals surface area contributed by atoms with Crippen molar-refractivity contribution in [3.63, 3.8) is 0 Å². The normalized spacial score (nSPS) is 10.5. The summed E-state index contributed by atoms with van der Waals surface area (Å²) in [5.74, 6) is 1.06. The molecule has 0 spiro atoms. The van der Waals surface area contributed by atoms with E-state index in [2.05, 4.69) is 5.16 Å². The van der Waals surface area contributed by atoms with Gasteiger partial charge >= 0.3 is 5.97 Å². The van der Waals surface area contributed by atoms with Crippen LogP contribution in [0.25, 0.3) is 11.3 Å². The summed E-state index contributed by atoms with van der Waals surface area (Å²) < 4.78 is 15.6. The minimum atomic E-state index is -0.570. The average molecular weight is 323 g/mol. The number of hydrogen-bond acceptors (Lipinski definition) is 5. The Hall–Kier alpha value is -3.08. The molecule has 122 valence electrons. The van der Waals surface area contributed by atoms with Crippen molar-refractivity contribution in [2.45, 2.75) is 13.8 Å². The van der Waals surface area contributed by atoms with E-state index < -0.39 is 5.97 Å². The summed E-state index contributed by atoms with van der Waals surface area (Å²) in [7, 11) is 1.57. The number of hydrogen-bond donors (Lipinski definition) is 0. The molecule has 3 rings (SSSR count). The lowest BCUT2D eigenvalue weighted by Crippen LogP contribution is -2.08. The Bertz CT molecular complexity index is 865. The topological polar surface area (TPSA) is 61.6 Å². The van der Waals surface area contributed by atoms with Gasteiger partial charge in [0, 0.05) is 11.6 Å². The molecule has 0 aliphatic heterocycles. The Morgan fingerprint density at radius 1 is 0.958 bits per heavy atom. The molecule has 3 aromatic rings. The van der Waals surface area contributed by atoms with Crippen molar-refractivity contribution >= 4 is 5.97 Å². The number of rotatable bonds is 4. The van der Waals surface area contributed by atoms with Gasteiger partial charge in [0.2, 0.25) is 0 Å². The predicted molar refractivity (Wildman–Crippen MR) is 89.4 cm³/mol. The van der Waals surface area contributed by atoms with Crippen LogP contribution in [-0.4, -0.2) is 18.2 Å². The van der Waals surface area contributed by atoms with Gasteiger partial charge in [-0.2, -0.15) is 0 Å². The number of benzene rings is 2. The van der Waals surface area contributed by atoms with Gasteiger partial charge in [-0.25, -0.2) is 4.79 Å². The van der Waals surface area contributed by atoms with Crippen LogP contribution < -0.4 is 9.47 Å². The second kappa shape index (κ2) is 6.58. The van der Waals surface area contributed by atoms with E-state index in [1.807, 2.05) is 32.0 Å². The summed E-state index contributed by atoms with van der Waals surface area (Å²) >= 11 is 0. The molecular formula is C19H17NO4. The molecule has 1 heterocycles. The van der Waals surface area contributed by atoms with Gasteiger partial charge in [-0.05, 0) is 55.3 Å². The van der Waals surface area contributed by atoms with Crippen LogP contribution in [0.2, 0.25) is 0 Å². The Balaban J connectivity index is 1.76. The van der Waals surface area contributed by atoms with E-state index in [0.29, 0.717) is 17.3 Å². The van der Waals surface area contributed by atoms with E-state index in [-0.39, 0.29) is 5.69 Å². The minimum Gasteiger partial charge on any atom is -0.497 e. The van der Waals surface area contributed by atoms with Crippen LogP contribution in [0.3, 0.4) is 0 Å². The molecule has 0 aliphatic carbocycles. The van der Waals surface area contributed by atoms with E-state index in [1.54, 1.807) is 37.4 Å². The molecule has 5 heteroatoms. The van der Waals surface area contributed by atoms with Gasteiger partial charge in [-0.3, -0.25) is 0 Å². The molecule has 24 heavy (non-hydrogen) atoms. The Labute approximate surface area is 139 Å². The number of carbonyl (C=O) groups excluding carboxylic acids is 1. The maximum atomic E-state index is 12.2. The Morgan fingerprint density at radius 3 is 2.33 bits per heavy atom. The molecule has 0 saturated heterocycles. The van der Waals surface area contributed by atoms with Crippen LogP contribution in [0.1, 0.15) is 21.6 Å². The molecule has 0 aliphatic rings.